The maximum atomic E-state index is 13.1. The molecule has 5 nitrogen and oxygen atoms in total. The van der Waals surface area contributed by atoms with Crippen LogP contribution in [0.1, 0.15) is 35.2 Å². The van der Waals surface area contributed by atoms with Gasteiger partial charge in [0.15, 0.2) is 11.5 Å². The molecule has 0 amide bonds. The summed E-state index contributed by atoms with van der Waals surface area (Å²) in [5, 5.41) is 0. The molecule has 1 saturated carbocycles. The molecule has 2 heterocycles. The molecule has 0 spiro atoms. The van der Waals surface area contributed by atoms with Crippen LogP contribution in [-0.2, 0) is 23.1 Å². The number of carbonyl (C=O) groups is 1. The van der Waals surface area contributed by atoms with Crippen LogP contribution in [0.2, 0.25) is 0 Å². The Morgan fingerprint density at radius 3 is 2.47 bits per heavy atom. The van der Waals surface area contributed by atoms with Crippen LogP contribution < -0.4 is 14.2 Å². The minimum absolute atomic E-state index is 0.219. The molecule has 1 aliphatic carbocycles. The second kappa shape index (κ2) is 7.48. The van der Waals surface area contributed by atoms with Gasteiger partial charge in [-0.15, -0.1) is 0 Å². The van der Waals surface area contributed by atoms with Gasteiger partial charge in [-0.2, -0.15) is 0 Å². The zero-order chi connectivity index (χ0) is 20.6. The van der Waals surface area contributed by atoms with Crippen molar-refractivity contribution in [3.8, 4) is 17.2 Å². The van der Waals surface area contributed by atoms with Crippen LogP contribution in [0.25, 0.3) is 0 Å². The normalized spacial score (nSPS) is 15.6. The van der Waals surface area contributed by atoms with Gasteiger partial charge in [0.25, 0.3) is 0 Å². The number of ketones is 1. The summed E-state index contributed by atoms with van der Waals surface area (Å²) >= 11 is 0. The molecule has 0 bridgehead atoms. The Morgan fingerprint density at radius 2 is 1.77 bits per heavy atom. The molecule has 5 rings (SSSR count). The highest BCUT2D eigenvalue weighted by Gasteiger charge is 2.50. The van der Waals surface area contributed by atoms with E-state index in [0.717, 1.165) is 53.3 Å². The van der Waals surface area contributed by atoms with Crippen molar-refractivity contribution in [3.05, 3.63) is 83.2 Å². The number of carbonyl (C=O) groups excluding carboxylic acids is 1. The fourth-order valence-electron chi connectivity index (χ4n) is 4.02. The van der Waals surface area contributed by atoms with Gasteiger partial charge in [-0.25, -0.2) is 0 Å². The van der Waals surface area contributed by atoms with E-state index in [4.69, 9.17) is 14.2 Å². The quantitative estimate of drug-likeness (QED) is 0.592. The fourth-order valence-corrected chi connectivity index (χ4v) is 4.02. The smallest absolute Gasteiger partial charge is 0.231 e. The SMILES string of the molecule is COc1ccc(Cc2ccc(CC(=O)C3(c4ccc5c(c4)OCO5)CC3)nc2)cc1. The number of Topliss-reactive ketones (excluding diaryl/α,β-unsaturated/α-hetero) is 1. The van der Waals surface area contributed by atoms with Crippen molar-refractivity contribution >= 4 is 5.78 Å². The van der Waals surface area contributed by atoms with Gasteiger partial charge < -0.3 is 14.2 Å². The zero-order valence-electron chi connectivity index (χ0n) is 16.9. The molecule has 152 valence electrons. The van der Waals surface area contributed by atoms with Crippen molar-refractivity contribution in [1.82, 2.24) is 4.98 Å². The Hall–Kier alpha value is -3.34. The highest BCUT2D eigenvalue weighted by Crippen LogP contribution is 2.51. The molecule has 2 aliphatic rings. The molecule has 0 saturated heterocycles. The summed E-state index contributed by atoms with van der Waals surface area (Å²) < 4.78 is 16.1. The van der Waals surface area contributed by atoms with E-state index in [2.05, 4.69) is 23.2 Å². The molecule has 1 aliphatic heterocycles. The summed E-state index contributed by atoms with van der Waals surface area (Å²) in [6, 6.07) is 17.9. The van der Waals surface area contributed by atoms with E-state index >= 15 is 0 Å². The second-order valence-corrected chi connectivity index (χ2v) is 7.93. The van der Waals surface area contributed by atoms with Crippen molar-refractivity contribution in [2.24, 2.45) is 0 Å². The first-order valence-corrected chi connectivity index (χ1v) is 10.2. The minimum Gasteiger partial charge on any atom is -0.497 e. The lowest BCUT2D eigenvalue weighted by molar-refractivity contribution is -0.120. The molecule has 1 fully saturated rings. The van der Waals surface area contributed by atoms with Gasteiger partial charge in [0, 0.05) is 18.3 Å². The number of rotatable bonds is 7. The number of fused-ring (bicyclic) bond motifs is 1. The average Bonchev–Trinajstić information content (AvgIpc) is 3.46. The number of methoxy groups -OCH3 is 1. The lowest BCUT2D eigenvalue weighted by atomic mass is 9.88. The number of nitrogens with zero attached hydrogens (tertiary/aromatic N) is 1. The van der Waals surface area contributed by atoms with Crippen LogP contribution >= 0.6 is 0 Å². The Labute approximate surface area is 175 Å². The van der Waals surface area contributed by atoms with Gasteiger partial charge in [-0.3, -0.25) is 9.78 Å². The topological polar surface area (TPSA) is 57.7 Å². The number of ether oxygens (including phenoxy) is 3. The number of benzene rings is 2. The number of pyridine rings is 1. The molecule has 0 atom stereocenters. The third kappa shape index (κ3) is 3.52. The van der Waals surface area contributed by atoms with Crippen molar-refractivity contribution in [2.75, 3.05) is 13.9 Å². The highest BCUT2D eigenvalue weighted by molar-refractivity contribution is 5.94. The molecule has 30 heavy (non-hydrogen) atoms. The number of aromatic nitrogens is 1. The molecule has 3 aromatic rings. The predicted octanol–water partition coefficient (Wildman–Crippen LogP) is 4.25. The molecule has 0 radical (unpaired) electrons. The summed E-state index contributed by atoms with van der Waals surface area (Å²) in [5.74, 6) is 2.54. The summed E-state index contributed by atoms with van der Waals surface area (Å²) in [5.41, 5.74) is 3.75. The Kier molecular flexibility index (Phi) is 4.66. The predicted molar refractivity (Wildman–Crippen MR) is 112 cm³/mol. The highest BCUT2D eigenvalue weighted by atomic mass is 16.7. The van der Waals surface area contributed by atoms with Crippen molar-refractivity contribution in [3.63, 3.8) is 0 Å². The summed E-state index contributed by atoms with van der Waals surface area (Å²) in [4.78, 5) is 17.7. The Balaban J connectivity index is 1.26. The number of hydrogen-bond donors (Lipinski definition) is 0. The molecule has 5 heteroatoms. The Morgan fingerprint density at radius 1 is 1.00 bits per heavy atom. The summed E-state index contributed by atoms with van der Waals surface area (Å²) in [6.07, 6.45) is 4.76. The summed E-state index contributed by atoms with van der Waals surface area (Å²) in [6.45, 7) is 0.243. The van der Waals surface area contributed by atoms with E-state index in [1.54, 1.807) is 7.11 Å². The zero-order valence-corrected chi connectivity index (χ0v) is 16.9. The first-order chi connectivity index (χ1) is 14.7. The van der Waals surface area contributed by atoms with Crippen molar-refractivity contribution in [2.45, 2.75) is 31.1 Å². The first-order valence-electron chi connectivity index (χ1n) is 10.2. The van der Waals surface area contributed by atoms with E-state index < -0.39 is 5.41 Å². The van der Waals surface area contributed by atoms with Crippen LogP contribution in [-0.4, -0.2) is 24.7 Å². The van der Waals surface area contributed by atoms with Crippen molar-refractivity contribution < 1.29 is 19.0 Å². The van der Waals surface area contributed by atoms with Gasteiger partial charge in [-0.1, -0.05) is 24.3 Å². The largest absolute Gasteiger partial charge is 0.497 e. The molecule has 0 unspecified atom stereocenters. The summed E-state index contributed by atoms with van der Waals surface area (Å²) in [7, 11) is 1.66. The van der Waals surface area contributed by atoms with E-state index in [0.29, 0.717) is 6.42 Å². The Bertz CT molecular complexity index is 1070. The fraction of sp³-hybridized carbons (Fsp3) is 0.280. The van der Waals surface area contributed by atoms with Gasteiger partial charge in [0.1, 0.15) is 11.5 Å². The van der Waals surface area contributed by atoms with E-state index in [9.17, 15) is 4.79 Å². The van der Waals surface area contributed by atoms with E-state index in [1.165, 1.54) is 5.56 Å². The van der Waals surface area contributed by atoms with Crippen LogP contribution in [0, 0.1) is 0 Å². The molecule has 1 aromatic heterocycles. The van der Waals surface area contributed by atoms with Crippen LogP contribution in [0.5, 0.6) is 17.2 Å². The van der Waals surface area contributed by atoms with E-state index in [1.807, 2.05) is 42.6 Å². The lowest BCUT2D eigenvalue weighted by Gasteiger charge is -2.15. The van der Waals surface area contributed by atoms with Crippen LogP contribution in [0.4, 0.5) is 0 Å². The third-order valence-corrected chi connectivity index (χ3v) is 6.00. The van der Waals surface area contributed by atoms with Crippen LogP contribution in [0.15, 0.2) is 60.8 Å². The molecule has 0 N–H and O–H groups in total. The maximum Gasteiger partial charge on any atom is 0.231 e. The van der Waals surface area contributed by atoms with Gasteiger partial charge in [0.2, 0.25) is 6.79 Å². The van der Waals surface area contributed by atoms with Gasteiger partial charge >= 0.3 is 0 Å². The van der Waals surface area contributed by atoms with Gasteiger partial charge in [-0.05, 0) is 66.3 Å². The van der Waals surface area contributed by atoms with Crippen LogP contribution in [0.3, 0.4) is 0 Å². The van der Waals surface area contributed by atoms with Gasteiger partial charge in [0.05, 0.1) is 12.5 Å². The second-order valence-electron chi connectivity index (χ2n) is 7.93. The standard InChI is InChI=1S/C25H23NO4/c1-28-21-7-3-17(4-8-21)12-18-2-6-20(26-15-18)14-24(27)25(10-11-25)19-5-9-22-23(13-19)30-16-29-22/h2-9,13,15H,10-12,14,16H2,1H3. The molecular formula is C25H23NO4. The molecule has 2 aromatic carbocycles. The maximum absolute atomic E-state index is 13.1. The van der Waals surface area contributed by atoms with Crippen molar-refractivity contribution in [1.29, 1.82) is 0 Å². The molecular weight excluding hydrogens is 378 g/mol. The first kappa shape index (κ1) is 18.7. The number of hydrogen-bond acceptors (Lipinski definition) is 5. The average molecular weight is 401 g/mol. The monoisotopic (exact) mass is 401 g/mol. The lowest BCUT2D eigenvalue weighted by Crippen LogP contribution is -2.23. The minimum atomic E-state index is -0.398. The third-order valence-electron chi connectivity index (χ3n) is 6.00. The van der Waals surface area contributed by atoms with E-state index in [-0.39, 0.29) is 12.6 Å².